The number of rotatable bonds is 3. The number of hydrogen-bond acceptors (Lipinski definition) is 3. The molecule has 0 bridgehead atoms. The number of ether oxygens (including phenoxy) is 1. The molecule has 1 spiro atoms. The van der Waals surface area contributed by atoms with Gasteiger partial charge in [-0.1, -0.05) is 30.4 Å². The van der Waals surface area contributed by atoms with E-state index >= 15 is 0 Å². The van der Waals surface area contributed by atoms with Gasteiger partial charge in [-0.25, -0.2) is 0 Å². The topological polar surface area (TPSA) is 49.9 Å². The van der Waals surface area contributed by atoms with Crippen molar-refractivity contribution in [2.45, 2.75) is 70.1 Å². The van der Waals surface area contributed by atoms with Crippen LogP contribution in [0.1, 0.15) is 57.4 Å². The molecule has 0 radical (unpaired) electrons. The number of allylic oxidation sites excluding steroid dienone is 2. The van der Waals surface area contributed by atoms with Gasteiger partial charge in [0.1, 0.15) is 11.4 Å². The highest BCUT2D eigenvalue weighted by atomic mass is 16.5. The molecule has 1 heterocycles. The zero-order valence-corrected chi connectivity index (χ0v) is 17.6. The van der Waals surface area contributed by atoms with Crippen molar-refractivity contribution in [2.75, 3.05) is 13.6 Å². The maximum absolute atomic E-state index is 12.7. The van der Waals surface area contributed by atoms with Crippen molar-refractivity contribution < 1.29 is 14.3 Å². The maximum Gasteiger partial charge on any atom is 0.223 e. The Kier molecular flexibility index (Phi) is 5.66. The van der Waals surface area contributed by atoms with Crippen LogP contribution in [-0.4, -0.2) is 46.8 Å². The smallest absolute Gasteiger partial charge is 0.223 e. The molecule has 2 amide bonds. The summed E-state index contributed by atoms with van der Waals surface area (Å²) in [5, 5.41) is 0. The first-order chi connectivity index (χ1) is 14.0. The molecule has 1 saturated carbocycles. The molecule has 1 atom stereocenters. The van der Waals surface area contributed by atoms with Gasteiger partial charge in [0.25, 0.3) is 0 Å². The Hall–Kier alpha value is -2.30. The molecule has 29 heavy (non-hydrogen) atoms. The van der Waals surface area contributed by atoms with Gasteiger partial charge >= 0.3 is 0 Å². The number of benzene rings is 1. The molecule has 1 aromatic carbocycles. The van der Waals surface area contributed by atoms with Crippen LogP contribution in [0.15, 0.2) is 36.4 Å². The quantitative estimate of drug-likeness (QED) is 0.728. The number of fused-ring (bicyclic) bond motifs is 1. The Morgan fingerprint density at radius 3 is 2.66 bits per heavy atom. The second kappa shape index (κ2) is 8.21. The number of hydrogen-bond donors (Lipinski definition) is 0. The van der Waals surface area contributed by atoms with Crippen LogP contribution in [0.4, 0.5) is 0 Å². The predicted molar refractivity (Wildman–Crippen MR) is 112 cm³/mol. The first-order valence-corrected chi connectivity index (χ1v) is 10.9. The summed E-state index contributed by atoms with van der Waals surface area (Å²) in [5.41, 5.74) is 0.714. The second-order valence-electron chi connectivity index (χ2n) is 8.97. The predicted octanol–water partition coefficient (Wildman–Crippen LogP) is 3.92. The summed E-state index contributed by atoms with van der Waals surface area (Å²) in [5.74, 6) is 1.64. The summed E-state index contributed by atoms with van der Waals surface area (Å²) in [6, 6.07) is 8.30. The maximum atomic E-state index is 12.7. The molecule has 156 valence electrons. The zero-order valence-electron chi connectivity index (χ0n) is 17.6. The molecular formula is C24H32N2O3. The van der Waals surface area contributed by atoms with Crippen LogP contribution in [0.25, 0.3) is 0 Å². The number of nitrogens with zero attached hydrogens (tertiary/aromatic N) is 2. The van der Waals surface area contributed by atoms with Crippen molar-refractivity contribution in [1.82, 2.24) is 9.80 Å². The average Bonchev–Trinajstić information content (AvgIpc) is 3.15. The Bertz CT molecular complexity index is 795. The first kappa shape index (κ1) is 20.0. The highest BCUT2D eigenvalue weighted by Crippen LogP contribution is 2.39. The Balaban J connectivity index is 1.43. The van der Waals surface area contributed by atoms with E-state index in [1.165, 1.54) is 0 Å². The average molecular weight is 397 g/mol. The van der Waals surface area contributed by atoms with E-state index in [9.17, 15) is 9.59 Å². The van der Waals surface area contributed by atoms with Crippen LogP contribution in [-0.2, 0) is 16.1 Å². The van der Waals surface area contributed by atoms with Crippen molar-refractivity contribution in [1.29, 1.82) is 0 Å². The highest BCUT2D eigenvalue weighted by molar-refractivity contribution is 5.77. The third-order valence-corrected chi connectivity index (χ3v) is 6.94. The van der Waals surface area contributed by atoms with E-state index in [0.29, 0.717) is 25.4 Å². The molecule has 5 heteroatoms. The zero-order chi connectivity index (χ0) is 20.4. The van der Waals surface area contributed by atoms with Gasteiger partial charge in [0.2, 0.25) is 11.8 Å². The van der Waals surface area contributed by atoms with Crippen LogP contribution < -0.4 is 4.74 Å². The van der Waals surface area contributed by atoms with Crippen LogP contribution in [0, 0.1) is 5.92 Å². The van der Waals surface area contributed by atoms with Gasteiger partial charge in [0.05, 0.1) is 6.54 Å². The van der Waals surface area contributed by atoms with E-state index in [-0.39, 0.29) is 23.5 Å². The van der Waals surface area contributed by atoms with E-state index in [1.54, 1.807) is 6.92 Å². The Morgan fingerprint density at radius 1 is 1.21 bits per heavy atom. The van der Waals surface area contributed by atoms with E-state index in [4.69, 9.17) is 4.74 Å². The summed E-state index contributed by atoms with van der Waals surface area (Å²) in [4.78, 5) is 28.8. The van der Waals surface area contributed by atoms with Gasteiger partial charge in [-0.05, 0) is 50.5 Å². The van der Waals surface area contributed by atoms with Crippen LogP contribution in [0.2, 0.25) is 0 Å². The fraction of sp³-hybridized carbons (Fsp3) is 0.583. The fourth-order valence-corrected chi connectivity index (χ4v) is 5.04. The molecule has 3 aliphatic rings. The van der Waals surface area contributed by atoms with Crippen molar-refractivity contribution in [3.8, 4) is 5.75 Å². The van der Waals surface area contributed by atoms with Gasteiger partial charge in [-0.2, -0.15) is 0 Å². The minimum absolute atomic E-state index is 0.0868. The van der Waals surface area contributed by atoms with Crippen LogP contribution in [0.3, 0.4) is 0 Å². The molecule has 0 N–H and O–H groups in total. The molecule has 2 aliphatic carbocycles. The molecule has 1 aromatic rings. The van der Waals surface area contributed by atoms with Gasteiger partial charge < -0.3 is 14.5 Å². The molecule has 4 rings (SSSR count). The van der Waals surface area contributed by atoms with Crippen molar-refractivity contribution in [2.24, 2.45) is 5.92 Å². The molecule has 1 fully saturated rings. The number of carbonyl (C=O) groups excluding carboxylic acids is 2. The Morgan fingerprint density at radius 2 is 1.97 bits per heavy atom. The summed E-state index contributed by atoms with van der Waals surface area (Å²) in [6.45, 7) is 2.86. The van der Waals surface area contributed by atoms with E-state index < -0.39 is 0 Å². The number of carbonyl (C=O) groups is 2. The SMILES string of the molecule is CC(=O)N1Cc2ccccc2OC2(CCC(N(C)C(=O)C[C@H]3C=CCC3)CC2)C1. The minimum Gasteiger partial charge on any atom is -0.485 e. The summed E-state index contributed by atoms with van der Waals surface area (Å²) in [7, 11) is 1.95. The third-order valence-electron chi connectivity index (χ3n) is 6.94. The molecule has 0 unspecified atom stereocenters. The first-order valence-electron chi connectivity index (χ1n) is 10.9. The van der Waals surface area contributed by atoms with Gasteiger partial charge in [0.15, 0.2) is 0 Å². The summed E-state index contributed by atoms with van der Waals surface area (Å²) < 4.78 is 6.56. The lowest BCUT2D eigenvalue weighted by Gasteiger charge is -2.43. The van der Waals surface area contributed by atoms with Gasteiger partial charge in [-0.15, -0.1) is 0 Å². The van der Waals surface area contributed by atoms with Crippen molar-refractivity contribution >= 4 is 11.8 Å². The summed E-state index contributed by atoms with van der Waals surface area (Å²) in [6.07, 6.45) is 10.7. The third kappa shape index (κ3) is 4.34. The normalized spacial score (nSPS) is 28.6. The number of para-hydroxylation sites is 1. The van der Waals surface area contributed by atoms with E-state index in [2.05, 4.69) is 12.2 Å². The largest absolute Gasteiger partial charge is 0.485 e. The van der Waals surface area contributed by atoms with Crippen LogP contribution in [0.5, 0.6) is 5.75 Å². The van der Waals surface area contributed by atoms with Crippen LogP contribution >= 0.6 is 0 Å². The van der Waals surface area contributed by atoms with Crippen molar-refractivity contribution in [3.05, 3.63) is 42.0 Å². The monoisotopic (exact) mass is 396 g/mol. The second-order valence-corrected chi connectivity index (χ2v) is 8.97. The molecule has 5 nitrogen and oxygen atoms in total. The van der Waals surface area contributed by atoms with E-state index in [1.807, 2.05) is 41.1 Å². The molecule has 0 aromatic heterocycles. The molecule has 0 saturated heterocycles. The van der Waals surface area contributed by atoms with Crippen molar-refractivity contribution in [3.63, 3.8) is 0 Å². The highest BCUT2D eigenvalue weighted by Gasteiger charge is 2.43. The molecule has 1 aliphatic heterocycles. The molecular weight excluding hydrogens is 364 g/mol. The minimum atomic E-state index is -0.354. The Labute approximate surface area is 173 Å². The lowest BCUT2D eigenvalue weighted by Crippen LogP contribution is -2.52. The van der Waals surface area contributed by atoms with E-state index in [0.717, 1.165) is 49.8 Å². The number of amides is 2. The lowest BCUT2D eigenvalue weighted by atomic mass is 9.80. The fourth-order valence-electron chi connectivity index (χ4n) is 5.04. The van der Waals surface area contributed by atoms with Gasteiger partial charge in [-0.3, -0.25) is 9.59 Å². The lowest BCUT2D eigenvalue weighted by molar-refractivity contribution is -0.135. The summed E-state index contributed by atoms with van der Waals surface area (Å²) >= 11 is 0. The van der Waals surface area contributed by atoms with Gasteiger partial charge in [0, 0.05) is 38.5 Å². The standard InChI is InChI=1S/C24H32N2O3/c1-18(27)26-16-20-9-5-6-10-22(20)29-24(17-26)13-11-21(12-14-24)25(2)23(28)15-19-7-3-4-8-19/h3,5-7,9-10,19,21H,4,8,11-17H2,1-2H3/t19-,21?,24?/m0/s1.